The third kappa shape index (κ3) is 5.08. The normalized spacial score (nSPS) is 12.0. The second-order valence-corrected chi connectivity index (χ2v) is 8.67. The van der Waals surface area contributed by atoms with E-state index in [1.165, 1.54) is 6.08 Å². The first-order valence-corrected chi connectivity index (χ1v) is 10.4. The lowest BCUT2D eigenvalue weighted by Crippen LogP contribution is -2.20. The van der Waals surface area contributed by atoms with Crippen LogP contribution >= 0.6 is 0 Å². The predicted octanol–water partition coefficient (Wildman–Crippen LogP) is 6.20. The van der Waals surface area contributed by atoms with Gasteiger partial charge in [0, 0.05) is 38.8 Å². The predicted molar refractivity (Wildman–Crippen MR) is 130 cm³/mol. The van der Waals surface area contributed by atoms with Crippen molar-refractivity contribution in [2.75, 3.05) is 12.3 Å². The van der Waals surface area contributed by atoms with Crippen molar-refractivity contribution in [3.8, 4) is 11.5 Å². The quantitative estimate of drug-likeness (QED) is 0.220. The zero-order valence-corrected chi connectivity index (χ0v) is 19.2. The maximum absolute atomic E-state index is 12.7. The number of aromatic hydroxyl groups is 1. The van der Waals surface area contributed by atoms with Crippen molar-refractivity contribution in [2.24, 2.45) is 0 Å². The van der Waals surface area contributed by atoms with Gasteiger partial charge in [-0.2, -0.15) is 0 Å². The van der Waals surface area contributed by atoms with E-state index in [2.05, 4.69) is 13.2 Å². The van der Waals surface area contributed by atoms with Crippen LogP contribution in [0.25, 0.3) is 6.08 Å². The van der Waals surface area contributed by atoms with Crippen LogP contribution in [0.5, 0.6) is 11.5 Å². The lowest BCUT2D eigenvalue weighted by atomic mass is 9.76. The Kier molecular flexibility index (Phi) is 7.17. The molecule has 2 aromatic carbocycles. The molecule has 0 fully saturated rings. The van der Waals surface area contributed by atoms with Crippen LogP contribution in [0.2, 0.25) is 0 Å². The SMILES string of the molecule is C=CC(C)(C)c1cc(/C=C/C(=O)c2ccc(N)cc2)c(OCC)c(C(C)(C)C=C)c1O. The molecule has 3 N–H and O–H groups in total. The summed E-state index contributed by atoms with van der Waals surface area (Å²) in [6.07, 6.45) is 6.81. The Morgan fingerprint density at radius 1 is 1.10 bits per heavy atom. The highest BCUT2D eigenvalue weighted by Gasteiger charge is 2.32. The Balaban J connectivity index is 2.74. The Morgan fingerprint density at radius 2 is 1.68 bits per heavy atom. The van der Waals surface area contributed by atoms with Crippen molar-refractivity contribution in [2.45, 2.75) is 45.4 Å². The number of nitrogen functional groups attached to an aromatic ring is 1. The number of hydrogen-bond donors (Lipinski definition) is 2. The lowest BCUT2D eigenvalue weighted by Gasteiger charge is -2.31. The molecule has 0 saturated heterocycles. The number of phenolic OH excluding ortho intramolecular Hbond substituents is 1. The maximum Gasteiger partial charge on any atom is 0.185 e. The molecular formula is C27H33NO3. The van der Waals surface area contributed by atoms with Gasteiger partial charge in [0.2, 0.25) is 0 Å². The van der Waals surface area contributed by atoms with Crippen molar-refractivity contribution in [1.29, 1.82) is 0 Å². The lowest BCUT2D eigenvalue weighted by molar-refractivity contribution is 0.104. The molecule has 0 bridgehead atoms. The van der Waals surface area contributed by atoms with E-state index in [0.717, 1.165) is 0 Å². The molecule has 0 aliphatic carbocycles. The summed E-state index contributed by atoms with van der Waals surface area (Å²) in [5.74, 6) is 0.541. The van der Waals surface area contributed by atoms with Gasteiger partial charge in [-0.15, -0.1) is 13.2 Å². The summed E-state index contributed by atoms with van der Waals surface area (Å²) in [7, 11) is 0. The largest absolute Gasteiger partial charge is 0.507 e. The summed E-state index contributed by atoms with van der Waals surface area (Å²) >= 11 is 0. The monoisotopic (exact) mass is 419 g/mol. The van der Waals surface area contributed by atoms with Gasteiger partial charge in [-0.1, -0.05) is 39.8 Å². The minimum atomic E-state index is -0.564. The van der Waals surface area contributed by atoms with Gasteiger partial charge in [0.05, 0.1) is 6.61 Å². The number of nitrogens with two attached hydrogens (primary N) is 1. The van der Waals surface area contributed by atoms with Gasteiger partial charge in [-0.25, -0.2) is 0 Å². The first kappa shape index (κ1) is 24.0. The van der Waals surface area contributed by atoms with Crippen LogP contribution < -0.4 is 10.5 Å². The molecule has 164 valence electrons. The summed E-state index contributed by atoms with van der Waals surface area (Å²) in [6.45, 7) is 18.1. The van der Waals surface area contributed by atoms with Crippen LogP contribution in [0.4, 0.5) is 5.69 Å². The van der Waals surface area contributed by atoms with Gasteiger partial charge in [0.15, 0.2) is 5.78 Å². The van der Waals surface area contributed by atoms with Crippen molar-refractivity contribution >= 4 is 17.5 Å². The molecule has 4 nitrogen and oxygen atoms in total. The number of anilines is 1. The van der Waals surface area contributed by atoms with E-state index < -0.39 is 10.8 Å². The third-order valence-electron chi connectivity index (χ3n) is 5.54. The minimum Gasteiger partial charge on any atom is -0.507 e. The number of carbonyl (C=O) groups is 1. The van der Waals surface area contributed by atoms with E-state index in [9.17, 15) is 9.90 Å². The van der Waals surface area contributed by atoms with Crippen LogP contribution in [0.15, 0.2) is 61.7 Å². The molecule has 2 aromatic rings. The fourth-order valence-corrected chi connectivity index (χ4v) is 3.31. The second kappa shape index (κ2) is 9.25. The summed E-state index contributed by atoms with van der Waals surface area (Å²) in [5.41, 5.74) is 7.85. The molecule has 0 unspecified atom stereocenters. The van der Waals surface area contributed by atoms with Gasteiger partial charge in [-0.3, -0.25) is 4.79 Å². The zero-order valence-electron chi connectivity index (χ0n) is 19.2. The van der Waals surface area contributed by atoms with Crippen molar-refractivity contribution < 1.29 is 14.6 Å². The molecule has 0 atom stereocenters. The Hall–Kier alpha value is -3.27. The summed E-state index contributed by atoms with van der Waals surface area (Å²) in [6, 6.07) is 8.64. The molecule has 0 aliphatic heterocycles. The van der Waals surface area contributed by atoms with E-state index in [1.54, 1.807) is 42.5 Å². The highest BCUT2D eigenvalue weighted by Crippen LogP contribution is 2.47. The molecule has 0 aliphatic rings. The first-order valence-electron chi connectivity index (χ1n) is 10.4. The van der Waals surface area contributed by atoms with Crippen LogP contribution in [-0.4, -0.2) is 17.5 Å². The van der Waals surface area contributed by atoms with Gasteiger partial charge in [0.1, 0.15) is 11.5 Å². The highest BCUT2D eigenvalue weighted by atomic mass is 16.5. The van der Waals surface area contributed by atoms with E-state index in [4.69, 9.17) is 10.5 Å². The Bertz CT molecular complexity index is 1010. The van der Waals surface area contributed by atoms with Gasteiger partial charge in [0.25, 0.3) is 0 Å². The maximum atomic E-state index is 12.7. The van der Waals surface area contributed by atoms with Crippen LogP contribution in [0.3, 0.4) is 0 Å². The third-order valence-corrected chi connectivity index (χ3v) is 5.54. The van der Waals surface area contributed by atoms with E-state index in [0.29, 0.717) is 40.3 Å². The van der Waals surface area contributed by atoms with Crippen LogP contribution in [-0.2, 0) is 10.8 Å². The van der Waals surface area contributed by atoms with Crippen LogP contribution in [0.1, 0.15) is 61.7 Å². The number of ketones is 1. The van der Waals surface area contributed by atoms with Gasteiger partial charge in [-0.05, 0) is 49.4 Å². The van der Waals surface area contributed by atoms with E-state index in [1.807, 2.05) is 40.7 Å². The molecule has 0 spiro atoms. The van der Waals surface area contributed by atoms with Crippen molar-refractivity contribution in [3.63, 3.8) is 0 Å². The molecule has 31 heavy (non-hydrogen) atoms. The number of allylic oxidation sites excluding steroid dienone is 3. The minimum absolute atomic E-state index is 0.149. The average Bonchev–Trinajstić information content (AvgIpc) is 2.73. The van der Waals surface area contributed by atoms with E-state index in [-0.39, 0.29) is 11.5 Å². The average molecular weight is 420 g/mol. The molecule has 0 saturated carbocycles. The highest BCUT2D eigenvalue weighted by molar-refractivity contribution is 6.07. The number of carbonyl (C=O) groups excluding carboxylic acids is 1. The number of rotatable bonds is 9. The Morgan fingerprint density at radius 3 is 2.19 bits per heavy atom. The standard InChI is InChI=1S/C27H33NO3/c1-8-26(4,5)21-17-19(13-16-22(29)18-11-14-20(28)15-12-18)25(31-10-3)23(24(21)30)27(6,7)9-2/h8-9,11-17,30H,1-2,10,28H2,3-7H3/b16-13+. The summed E-state index contributed by atoms with van der Waals surface area (Å²) in [5, 5.41) is 11.3. The van der Waals surface area contributed by atoms with Gasteiger partial charge < -0.3 is 15.6 Å². The number of benzene rings is 2. The zero-order chi connectivity index (χ0) is 23.4. The molecule has 2 rings (SSSR count). The van der Waals surface area contributed by atoms with E-state index >= 15 is 0 Å². The summed E-state index contributed by atoms with van der Waals surface area (Å²) in [4.78, 5) is 12.7. The van der Waals surface area contributed by atoms with Crippen molar-refractivity contribution in [1.82, 2.24) is 0 Å². The number of phenols is 1. The molecule has 4 heteroatoms. The molecular weight excluding hydrogens is 386 g/mol. The number of ether oxygens (including phenoxy) is 1. The molecule has 0 amide bonds. The molecule has 0 aromatic heterocycles. The number of hydrogen-bond acceptors (Lipinski definition) is 4. The fourth-order valence-electron chi connectivity index (χ4n) is 3.31. The first-order chi connectivity index (χ1) is 14.5. The van der Waals surface area contributed by atoms with Gasteiger partial charge >= 0.3 is 0 Å². The molecule has 0 radical (unpaired) electrons. The molecule has 0 heterocycles. The smallest absolute Gasteiger partial charge is 0.185 e. The second-order valence-electron chi connectivity index (χ2n) is 8.67. The van der Waals surface area contributed by atoms with Crippen molar-refractivity contribution in [3.05, 3.63) is 84.0 Å². The van der Waals surface area contributed by atoms with Crippen LogP contribution in [0, 0.1) is 0 Å². The Labute approximate surface area is 185 Å². The fraction of sp³-hybridized carbons (Fsp3) is 0.296. The summed E-state index contributed by atoms with van der Waals surface area (Å²) < 4.78 is 5.98. The topological polar surface area (TPSA) is 72.6 Å².